The molecule has 5 rings (SSSR count). The third kappa shape index (κ3) is 3.48. The number of aromatic amines is 1. The molecule has 0 spiro atoms. The highest BCUT2D eigenvalue weighted by molar-refractivity contribution is 5.95. The first-order valence-corrected chi connectivity index (χ1v) is 10.00. The predicted octanol–water partition coefficient (Wildman–Crippen LogP) is 3.75. The average molecular weight is 399 g/mol. The van der Waals surface area contributed by atoms with Crippen LogP contribution in [0.2, 0.25) is 0 Å². The molecule has 6 heteroatoms. The van der Waals surface area contributed by atoms with Gasteiger partial charge in [-0.2, -0.15) is 0 Å². The molecule has 1 aliphatic heterocycles. The summed E-state index contributed by atoms with van der Waals surface area (Å²) in [5.74, 6) is -0.391. The van der Waals surface area contributed by atoms with Gasteiger partial charge < -0.3 is 14.2 Å². The summed E-state index contributed by atoms with van der Waals surface area (Å²) in [6.07, 6.45) is 0. The van der Waals surface area contributed by atoms with Gasteiger partial charge in [0.2, 0.25) is 0 Å². The number of H-pyrrole nitrogens is 1. The van der Waals surface area contributed by atoms with Gasteiger partial charge in [-0.1, -0.05) is 42.5 Å². The van der Waals surface area contributed by atoms with Crippen LogP contribution in [0.25, 0.3) is 22.2 Å². The monoisotopic (exact) mass is 399 g/mol. The highest BCUT2D eigenvalue weighted by atomic mass is 16.4. The van der Waals surface area contributed by atoms with Gasteiger partial charge in [-0.25, -0.2) is 4.79 Å². The normalized spacial score (nSPS) is 14.3. The van der Waals surface area contributed by atoms with Crippen molar-refractivity contribution in [1.29, 1.82) is 0 Å². The number of hydrogen-bond donors (Lipinski definition) is 1. The number of carbonyl (C=O) groups excluding carboxylic acids is 1. The van der Waals surface area contributed by atoms with Crippen LogP contribution < -0.4 is 10.7 Å². The summed E-state index contributed by atoms with van der Waals surface area (Å²) in [5, 5.41) is 0. The van der Waals surface area contributed by atoms with E-state index in [2.05, 4.69) is 22.0 Å². The van der Waals surface area contributed by atoms with E-state index in [-0.39, 0.29) is 5.91 Å². The van der Waals surface area contributed by atoms with Gasteiger partial charge in [-0.15, -0.1) is 0 Å². The van der Waals surface area contributed by atoms with E-state index in [1.165, 1.54) is 0 Å². The van der Waals surface area contributed by atoms with E-state index < -0.39 is 5.76 Å². The van der Waals surface area contributed by atoms with E-state index >= 15 is 0 Å². The van der Waals surface area contributed by atoms with Crippen molar-refractivity contribution in [2.75, 3.05) is 31.1 Å². The smallest absolute Gasteiger partial charge is 0.408 e. The molecule has 0 radical (unpaired) electrons. The number of rotatable bonds is 3. The minimum atomic E-state index is -0.448. The number of fused-ring (bicyclic) bond motifs is 1. The lowest BCUT2D eigenvalue weighted by molar-refractivity contribution is 0.0747. The van der Waals surface area contributed by atoms with Gasteiger partial charge in [0.1, 0.15) is 0 Å². The number of anilines is 1. The van der Waals surface area contributed by atoms with Crippen molar-refractivity contribution in [1.82, 2.24) is 9.88 Å². The second-order valence-corrected chi connectivity index (χ2v) is 7.42. The molecule has 1 aromatic heterocycles. The molecule has 1 fully saturated rings. The Morgan fingerprint density at radius 1 is 0.833 bits per heavy atom. The topological polar surface area (TPSA) is 69.6 Å². The quantitative estimate of drug-likeness (QED) is 0.570. The Morgan fingerprint density at radius 2 is 1.53 bits per heavy atom. The van der Waals surface area contributed by atoms with Gasteiger partial charge in [-0.3, -0.25) is 9.78 Å². The number of carbonyl (C=O) groups is 1. The zero-order chi connectivity index (χ0) is 20.5. The van der Waals surface area contributed by atoms with Gasteiger partial charge in [0.15, 0.2) is 5.58 Å². The van der Waals surface area contributed by atoms with E-state index in [0.29, 0.717) is 29.8 Å². The average Bonchev–Trinajstić information content (AvgIpc) is 3.18. The van der Waals surface area contributed by atoms with E-state index in [4.69, 9.17) is 4.42 Å². The maximum atomic E-state index is 12.9. The Labute approximate surface area is 173 Å². The fourth-order valence-electron chi connectivity index (χ4n) is 3.92. The molecular weight excluding hydrogens is 378 g/mol. The minimum absolute atomic E-state index is 0.0568. The Balaban J connectivity index is 1.25. The Kier molecular flexibility index (Phi) is 4.59. The van der Waals surface area contributed by atoms with Crippen molar-refractivity contribution >= 4 is 22.7 Å². The second kappa shape index (κ2) is 7.55. The minimum Gasteiger partial charge on any atom is -0.408 e. The van der Waals surface area contributed by atoms with Gasteiger partial charge >= 0.3 is 5.76 Å². The van der Waals surface area contributed by atoms with Gasteiger partial charge in [-0.05, 0) is 35.4 Å². The maximum Gasteiger partial charge on any atom is 0.417 e. The molecule has 2 heterocycles. The van der Waals surface area contributed by atoms with Gasteiger partial charge in [0.25, 0.3) is 5.91 Å². The molecule has 1 amide bonds. The lowest BCUT2D eigenvalue weighted by Gasteiger charge is -2.36. The van der Waals surface area contributed by atoms with Crippen LogP contribution in [0.3, 0.4) is 0 Å². The summed E-state index contributed by atoms with van der Waals surface area (Å²) >= 11 is 0. The van der Waals surface area contributed by atoms with Crippen molar-refractivity contribution in [2.45, 2.75) is 0 Å². The zero-order valence-electron chi connectivity index (χ0n) is 16.4. The summed E-state index contributed by atoms with van der Waals surface area (Å²) in [6.45, 7) is 2.75. The SMILES string of the molecule is O=C(c1ccc(-c2ccccc2)cc1)N1CCN(c2ccc3[nH]c(=O)oc3c2)CC1. The Hall–Kier alpha value is -3.80. The van der Waals surface area contributed by atoms with E-state index in [1.54, 1.807) is 0 Å². The molecule has 1 N–H and O–H groups in total. The maximum absolute atomic E-state index is 12.9. The van der Waals surface area contributed by atoms with E-state index in [9.17, 15) is 9.59 Å². The number of oxazole rings is 1. The molecule has 6 nitrogen and oxygen atoms in total. The summed E-state index contributed by atoms with van der Waals surface area (Å²) in [7, 11) is 0. The highest BCUT2D eigenvalue weighted by Gasteiger charge is 2.22. The molecule has 3 aromatic carbocycles. The van der Waals surface area contributed by atoms with Crippen LogP contribution in [-0.4, -0.2) is 42.0 Å². The van der Waals surface area contributed by atoms with E-state index in [0.717, 1.165) is 29.9 Å². The van der Waals surface area contributed by atoms with Crippen LogP contribution in [0, 0.1) is 0 Å². The number of amides is 1. The molecule has 1 saturated heterocycles. The molecule has 0 saturated carbocycles. The largest absolute Gasteiger partial charge is 0.417 e. The number of benzene rings is 3. The third-order valence-corrected chi connectivity index (χ3v) is 5.58. The standard InChI is InChI=1S/C24H21N3O3/c28-23(19-8-6-18(7-9-19)17-4-2-1-3-5-17)27-14-12-26(13-15-27)20-10-11-21-22(16-20)30-24(29)25-21/h1-11,16H,12-15H2,(H,25,29). The molecule has 4 aromatic rings. The van der Waals surface area contributed by atoms with E-state index in [1.807, 2.05) is 65.6 Å². The fraction of sp³-hybridized carbons (Fsp3) is 0.167. The van der Waals surface area contributed by atoms with Crippen molar-refractivity contribution < 1.29 is 9.21 Å². The number of nitrogens with one attached hydrogen (secondary N) is 1. The fourth-order valence-corrected chi connectivity index (χ4v) is 3.92. The molecule has 1 aliphatic rings. The van der Waals surface area contributed by atoms with Crippen molar-refractivity contribution in [3.05, 3.63) is 88.9 Å². The summed E-state index contributed by atoms with van der Waals surface area (Å²) in [5.41, 5.74) is 5.18. The van der Waals surface area contributed by atoms with Crippen LogP contribution in [0.5, 0.6) is 0 Å². The first-order chi connectivity index (χ1) is 14.7. The van der Waals surface area contributed by atoms with Crippen LogP contribution in [0.15, 0.2) is 82.0 Å². The van der Waals surface area contributed by atoms with Crippen molar-refractivity contribution in [2.24, 2.45) is 0 Å². The zero-order valence-corrected chi connectivity index (χ0v) is 16.4. The van der Waals surface area contributed by atoms with Crippen molar-refractivity contribution in [3.63, 3.8) is 0 Å². The first kappa shape index (κ1) is 18.2. The molecule has 150 valence electrons. The first-order valence-electron chi connectivity index (χ1n) is 10.00. The number of hydrogen-bond acceptors (Lipinski definition) is 4. The summed E-state index contributed by atoms with van der Waals surface area (Å²) in [4.78, 5) is 31.0. The highest BCUT2D eigenvalue weighted by Crippen LogP contribution is 2.23. The van der Waals surface area contributed by atoms with Crippen LogP contribution >= 0.6 is 0 Å². The van der Waals surface area contributed by atoms with Gasteiger partial charge in [0, 0.05) is 43.5 Å². The molecule has 0 atom stereocenters. The number of piperazine rings is 1. The summed E-state index contributed by atoms with van der Waals surface area (Å²) < 4.78 is 5.16. The Bertz CT molecular complexity index is 1230. The van der Waals surface area contributed by atoms with Crippen LogP contribution in [0.1, 0.15) is 10.4 Å². The summed E-state index contributed by atoms with van der Waals surface area (Å²) in [6, 6.07) is 23.6. The van der Waals surface area contributed by atoms with Crippen LogP contribution in [0.4, 0.5) is 5.69 Å². The molecule has 0 bridgehead atoms. The Morgan fingerprint density at radius 3 is 2.27 bits per heavy atom. The lowest BCUT2D eigenvalue weighted by atomic mass is 10.0. The van der Waals surface area contributed by atoms with Crippen LogP contribution in [-0.2, 0) is 0 Å². The van der Waals surface area contributed by atoms with Gasteiger partial charge in [0.05, 0.1) is 5.52 Å². The molecular formula is C24H21N3O3. The van der Waals surface area contributed by atoms with Crippen molar-refractivity contribution in [3.8, 4) is 11.1 Å². The number of nitrogens with zero attached hydrogens (tertiary/aromatic N) is 2. The third-order valence-electron chi connectivity index (χ3n) is 5.58. The molecule has 0 unspecified atom stereocenters. The molecule has 0 aliphatic carbocycles. The predicted molar refractivity (Wildman–Crippen MR) is 117 cm³/mol. The lowest BCUT2D eigenvalue weighted by Crippen LogP contribution is -2.48. The second-order valence-electron chi connectivity index (χ2n) is 7.42. The molecule has 30 heavy (non-hydrogen) atoms. The number of aromatic nitrogens is 1.